The van der Waals surface area contributed by atoms with Gasteiger partial charge in [-0.15, -0.1) is 0 Å². The largest absolute Gasteiger partial charge is 0.497 e. The Balaban J connectivity index is 1.69. The third-order valence-corrected chi connectivity index (χ3v) is 6.10. The molecule has 4 aromatic rings. The maximum absolute atomic E-state index is 13.2. The first-order chi connectivity index (χ1) is 15.0. The maximum atomic E-state index is 13.2. The predicted molar refractivity (Wildman–Crippen MR) is 115 cm³/mol. The zero-order valence-electron chi connectivity index (χ0n) is 16.3. The van der Waals surface area contributed by atoms with Crippen LogP contribution in [0.1, 0.15) is 23.5 Å². The number of methoxy groups -OCH3 is 1. The summed E-state index contributed by atoms with van der Waals surface area (Å²) in [7, 11) is 1.50. The summed E-state index contributed by atoms with van der Waals surface area (Å²) in [5.74, 6) is -0.927. The normalized spacial score (nSPS) is 15.4. The first-order valence-corrected chi connectivity index (χ1v) is 10.3. The summed E-state index contributed by atoms with van der Waals surface area (Å²) in [5.41, 5.74) is 1.19. The van der Waals surface area contributed by atoms with Gasteiger partial charge in [0.15, 0.2) is 5.43 Å². The molecule has 2 aromatic carbocycles. The summed E-state index contributed by atoms with van der Waals surface area (Å²) in [4.78, 5) is 43.0. The SMILES string of the molecule is COc1ccc2occ(C3CC(=O)Oc4nc(-c5ccccc5)sc(=O)c43)c(=O)c2c1. The van der Waals surface area contributed by atoms with Gasteiger partial charge in [0.2, 0.25) is 10.6 Å². The fraction of sp³-hybridized carbons (Fsp3) is 0.130. The van der Waals surface area contributed by atoms with Gasteiger partial charge in [-0.25, -0.2) is 4.98 Å². The third kappa shape index (κ3) is 3.30. The average molecular weight is 433 g/mol. The van der Waals surface area contributed by atoms with Crippen molar-refractivity contribution in [3.05, 3.63) is 85.7 Å². The van der Waals surface area contributed by atoms with E-state index in [1.165, 1.54) is 13.4 Å². The predicted octanol–water partition coefficient (Wildman–Crippen LogP) is 3.73. The van der Waals surface area contributed by atoms with Crippen LogP contribution in [0.15, 0.2) is 68.8 Å². The van der Waals surface area contributed by atoms with E-state index >= 15 is 0 Å². The maximum Gasteiger partial charge on any atom is 0.313 e. The van der Waals surface area contributed by atoms with Crippen LogP contribution in [-0.4, -0.2) is 18.1 Å². The standard InChI is InChI=1S/C23H15NO6S/c1-28-13-7-8-17-15(9-13)20(26)16(11-29-17)14-10-18(25)30-21-19(14)23(27)31-22(24-21)12-5-3-2-4-6-12/h2-9,11,14H,10H2,1H3. The number of fused-ring (bicyclic) bond motifs is 2. The van der Waals surface area contributed by atoms with E-state index in [1.807, 2.05) is 30.3 Å². The lowest BCUT2D eigenvalue weighted by Gasteiger charge is -2.22. The highest BCUT2D eigenvalue weighted by atomic mass is 32.1. The molecule has 31 heavy (non-hydrogen) atoms. The van der Waals surface area contributed by atoms with Gasteiger partial charge >= 0.3 is 5.97 Å². The minimum atomic E-state index is -0.802. The summed E-state index contributed by atoms with van der Waals surface area (Å²) in [6.45, 7) is 0. The fourth-order valence-corrected chi connectivity index (χ4v) is 4.55. The van der Waals surface area contributed by atoms with Crippen molar-refractivity contribution in [1.29, 1.82) is 0 Å². The van der Waals surface area contributed by atoms with E-state index in [9.17, 15) is 14.4 Å². The lowest BCUT2D eigenvalue weighted by molar-refractivity contribution is -0.135. The van der Waals surface area contributed by atoms with Crippen molar-refractivity contribution in [3.63, 3.8) is 0 Å². The molecular formula is C23H15NO6S. The van der Waals surface area contributed by atoms with Crippen LogP contribution in [0.3, 0.4) is 0 Å². The summed E-state index contributed by atoms with van der Waals surface area (Å²) >= 11 is 0.950. The molecule has 154 valence electrons. The second-order valence-electron chi connectivity index (χ2n) is 7.00. The molecule has 0 fully saturated rings. The molecular weight excluding hydrogens is 418 g/mol. The number of benzene rings is 2. The lowest BCUT2D eigenvalue weighted by atomic mass is 9.89. The average Bonchev–Trinajstić information content (AvgIpc) is 2.79. The molecule has 1 atom stereocenters. The first kappa shape index (κ1) is 19.2. The Hall–Kier alpha value is -3.78. The molecule has 1 unspecified atom stereocenters. The molecule has 3 heterocycles. The smallest absolute Gasteiger partial charge is 0.313 e. The number of esters is 1. The Kier molecular flexibility index (Phi) is 4.63. The van der Waals surface area contributed by atoms with Crippen LogP contribution in [0, 0.1) is 0 Å². The first-order valence-electron chi connectivity index (χ1n) is 9.45. The molecule has 0 saturated carbocycles. The fourth-order valence-electron chi connectivity index (χ4n) is 3.66. The Bertz CT molecular complexity index is 1440. The zero-order valence-corrected chi connectivity index (χ0v) is 17.1. The van der Waals surface area contributed by atoms with E-state index in [2.05, 4.69) is 4.98 Å². The lowest BCUT2D eigenvalue weighted by Crippen LogP contribution is -2.29. The molecule has 5 rings (SSSR count). The minimum Gasteiger partial charge on any atom is -0.497 e. The van der Waals surface area contributed by atoms with E-state index < -0.39 is 11.9 Å². The zero-order chi connectivity index (χ0) is 21.5. The molecule has 0 amide bonds. The van der Waals surface area contributed by atoms with Crippen molar-refractivity contribution in [1.82, 2.24) is 4.98 Å². The third-order valence-electron chi connectivity index (χ3n) is 5.18. The Morgan fingerprint density at radius 1 is 1.10 bits per heavy atom. The van der Waals surface area contributed by atoms with E-state index in [4.69, 9.17) is 13.9 Å². The number of rotatable bonds is 3. The summed E-state index contributed by atoms with van der Waals surface area (Å²) in [5, 5.41) is 0.746. The molecule has 1 aliphatic rings. The molecule has 0 aliphatic carbocycles. The Morgan fingerprint density at radius 3 is 2.68 bits per heavy atom. The van der Waals surface area contributed by atoms with E-state index in [-0.39, 0.29) is 33.6 Å². The van der Waals surface area contributed by atoms with Gasteiger partial charge in [-0.2, -0.15) is 0 Å². The van der Waals surface area contributed by atoms with E-state index in [1.54, 1.807) is 18.2 Å². The van der Waals surface area contributed by atoms with Crippen molar-refractivity contribution < 1.29 is 18.7 Å². The van der Waals surface area contributed by atoms with Crippen LogP contribution in [0.25, 0.3) is 21.5 Å². The number of hydrogen-bond acceptors (Lipinski definition) is 8. The number of nitrogens with zero attached hydrogens (tertiary/aromatic N) is 1. The van der Waals surface area contributed by atoms with Crippen molar-refractivity contribution in [2.45, 2.75) is 12.3 Å². The molecule has 0 spiro atoms. The molecule has 0 saturated heterocycles. The van der Waals surface area contributed by atoms with Gasteiger partial charge in [0.1, 0.15) is 16.3 Å². The number of ether oxygens (including phenoxy) is 2. The van der Waals surface area contributed by atoms with Crippen molar-refractivity contribution in [3.8, 4) is 22.2 Å². The Morgan fingerprint density at radius 2 is 1.90 bits per heavy atom. The summed E-state index contributed by atoms with van der Waals surface area (Å²) in [6.07, 6.45) is 1.15. The number of hydrogen-bond donors (Lipinski definition) is 0. The van der Waals surface area contributed by atoms with Gasteiger partial charge < -0.3 is 13.9 Å². The van der Waals surface area contributed by atoms with Crippen LogP contribution in [0.5, 0.6) is 11.6 Å². The molecule has 0 bridgehead atoms. The number of aromatic nitrogens is 1. The number of carbonyl (C=O) groups is 1. The second-order valence-corrected chi connectivity index (χ2v) is 7.97. The van der Waals surface area contributed by atoms with Gasteiger partial charge in [0, 0.05) is 17.0 Å². The van der Waals surface area contributed by atoms with Crippen molar-refractivity contribution in [2.24, 2.45) is 0 Å². The van der Waals surface area contributed by atoms with E-state index in [0.717, 1.165) is 16.9 Å². The van der Waals surface area contributed by atoms with Crippen LogP contribution in [-0.2, 0) is 4.79 Å². The van der Waals surface area contributed by atoms with Crippen LogP contribution in [0.2, 0.25) is 0 Å². The quantitative estimate of drug-likeness (QED) is 0.454. The van der Waals surface area contributed by atoms with Crippen molar-refractivity contribution in [2.75, 3.05) is 7.11 Å². The van der Waals surface area contributed by atoms with Crippen LogP contribution < -0.4 is 19.6 Å². The van der Waals surface area contributed by atoms with Crippen molar-refractivity contribution >= 4 is 28.3 Å². The van der Waals surface area contributed by atoms with Gasteiger partial charge in [-0.3, -0.25) is 14.4 Å². The highest BCUT2D eigenvalue weighted by molar-refractivity contribution is 7.12. The monoisotopic (exact) mass is 433 g/mol. The Labute approximate surface area is 179 Å². The molecule has 2 aromatic heterocycles. The number of carbonyl (C=O) groups excluding carboxylic acids is 1. The van der Waals surface area contributed by atoms with Gasteiger partial charge in [0.05, 0.1) is 30.7 Å². The summed E-state index contributed by atoms with van der Waals surface area (Å²) < 4.78 is 15.8. The molecule has 1 aliphatic heterocycles. The van der Waals surface area contributed by atoms with Gasteiger partial charge in [0.25, 0.3) is 0 Å². The van der Waals surface area contributed by atoms with Crippen LogP contribution >= 0.6 is 11.3 Å². The molecule has 7 nitrogen and oxygen atoms in total. The molecule has 0 radical (unpaired) electrons. The minimum absolute atomic E-state index is 0.0611. The van der Waals surface area contributed by atoms with Gasteiger partial charge in [-0.1, -0.05) is 41.7 Å². The topological polar surface area (TPSA) is 95.7 Å². The second kappa shape index (κ2) is 7.48. The molecule has 8 heteroatoms. The highest BCUT2D eigenvalue weighted by Crippen LogP contribution is 2.37. The summed E-state index contributed by atoms with van der Waals surface area (Å²) in [6, 6.07) is 14.0. The van der Waals surface area contributed by atoms with Crippen LogP contribution in [0.4, 0.5) is 0 Å². The van der Waals surface area contributed by atoms with Gasteiger partial charge in [-0.05, 0) is 18.2 Å². The molecule has 0 N–H and O–H groups in total. The van der Waals surface area contributed by atoms with E-state index in [0.29, 0.717) is 21.7 Å². The highest BCUT2D eigenvalue weighted by Gasteiger charge is 2.35.